The Balaban J connectivity index is 1.66. The van der Waals surface area contributed by atoms with Gasteiger partial charge >= 0.3 is 0 Å². The monoisotopic (exact) mass is 284 g/mol. The Hall–Kier alpha value is -0.420. The summed E-state index contributed by atoms with van der Waals surface area (Å²) in [6, 6.07) is 0.643. The number of likely N-dealkylation sites (tertiary alicyclic amines) is 1. The van der Waals surface area contributed by atoms with Gasteiger partial charge in [-0.25, -0.2) is 0 Å². The maximum Gasteiger partial charge on any atom is 0.188 e. The molecule has 2 aliphatic heterocycles. The number of nitrogens with two attached hydrogens (primary N) is 1. The Bertz CT molecular complexity index is 289. The van der Waals surface area contributed by atoms with Gasteiger partial charge in [0, 0.05) is 19.1 Å². The molecule has 2 aliphatic rings. The number of hydrogen-bond donors (Lipinski definition) is 2. The largest absolute Gasteiger partial charge is 0.370 e. The predicted molar refractivity (Wildman–Crippen MR) is 84.8 cm³/mol. The molecule has 0 aromatic rings. The highest BCUT2D eigenvalue weighted by Crippen LogP contribution is 2.22. The lowest BCUT2D eigenvalue weighted by Gasteiger charge is -2.23. The molecule has 0 spiro atoms. The number of nitrogens with one attached hydrogen (secondary N) is 1. The van der Waals surface area contributed by atoms with E-state index in [4.69, 9.17) is 5.73 Å². The molecule has 0 radical (unpaired) electrons. The fourth-order valence-electron chi connectivity index (χ4n) is 3.00. The zero-order valence-electron chi connectivity index (χ0n) is 12.1. The van der Waals surface area contributed by atoms with Crippen molar-refractivity contribution in [2.75, 3.05) is 37.7 Å². The van der Waals surface area contributed by atoms with E-state index in [1.54, 1.807) is 0 Å². The molecular weight excluding hydrogens is 256 g/mol. The first-order valence-electron chi connectivity index (χ1n) is 7.65. The van der Waals surface area contributed by atoms with Crippen LogP contribution in [0.4, 0.5) is 0 Å². The fourth-order valence-corrected chi connectivity index (χ4v) is 4.14. The Labute approximate surface area is 121 Å². The van der Waals surface area contributed by atoms with Crippen LogP contribution in [0.5, 0.6) is 0 Å². The van der Waals surface area contributed by atoms with E-state index in [0.29, 0.717) is 12.0 Å². The normalized spacial score (nSPS) is 29.6. The molecule has 2 saturated heterocycles. The second-order valence-corrected chi connectivity index (χ2v) is 6.76. The number of aliphatic imine (C=N–C) groups is 1. The summed E-state index contributed by atoms with van der Waals surface area (Å²) in [5.41, 5.74) is 5.97. The lowest BCUT2D eigenvalue weighted by atomic mass is 10.1. The van der Waals surface area contributed by atoms with E-state index in [2.05, 4.69) is 33.9 Å². The zero-order valence-corrected chi connectivity index (χ0v) is 12.9. The van der Waals surface area contributed by atoms with Crippen LogP contribution in [0.25, 0.3) is 0 Å². The average Bonchev–Trinajstić information content (AvgIpc) is 2.91. The van der Waals surface area contributed by atoms with Crippen molar-refractivity contribution in [2.45, 2.75) is 38.6 Å². The summed E-state index contributed by atoms with van der Waals surface area (Å²) >= 11 is 2.05. The molecule has 110 valence electrons. The highest BCUT2D eigenvalue weighted by molar-refractivity contribution is 7.99. The fraction of sp³-hybridized carbons (Fsp3) is 0.929. The van der Waals surface area contributed by atoms with Crippen LogP contribution in [0.3, 0.4) is 0 Å². The molecule has 4 nitrogen and oxygen atoms in total. The molecule has 0 saturated carbocycles. The number of guanidine groups is 1. The summed E-state index contributed by atoms with van der Waals surface area (Å²) in [5.74, 6) is 3.95. The summed E-state index contributed by atoms with van der Waals surface area (Å²) in [6.45, 7) is 6.45. The lowest BCUT2D eigenvalue weighted by Crippen LogP contribution is -2.43. The summed E-state index contributed by atoms with van der Waals surface area (Å²) in [7, 11) is 0. The van der Waals surface area contributed by atoms with Gasteiger partial charge in [-0.15, -0.1) is 0 Å². The number of rotatable bonds is 5. The third-order valence-electron chi connectivity index (χ3n) is 4.20. The molecule has 2 heterocycles. The number of hydrogen-bond acceptors (Lipinski definition) is 3. The van der Waals surface area contributed by atoms with E-state index < -0.39 is 0 Å². The molecule has 0 aromatic carbocycles. The van der Waals surface area contributed by atoms with Crippen LogP contribution < -0.4 is 11.1 Å². The van der Waals surface area contributed by atoms with Gasteiger partial charge in [0.05, 0.1) is 0 Å². The van der Waals surface area contributed by atoms with Crippen LogP contribution in [0, 0.1) is 5.92 Å². The molecule has 19 heavy (non-hydrogen) atoms. The van der Waals surface area contributed by atoms with Gasteiger partial charge in [-0.2, -0.15) is 11.8 Å². The van der Waals surface area contributed by atoms with Crippen LogP contribution in [0.2, 0.25) is 0 Å². The average molecular weight is 284 g/mol. The van der Waals surface area contributed by atoms with Gasteiger partial charge in [-0.05, 0) is 56.2 Å². The van der Waals surface area contributed by atoms with Crippen LogP contribution in [-0.4, -0.2) is 54.6 Å². The molecule has 2 fully saturated rings. The van der Waals surface area contributed by atoms with E-state index in [1.165, 1.54) is 43.7 Å². The van der Waals surface area contributed by atoms with Crippen molar-refractivity contribution in [1.82, 2.24) is 10.2 Å². The Morgan fingerprint density at radius 1 is 1.42 bits per heavy atom. The van der Waals surface area contributed by atoms with Crippen molar-refractivity contribution in [3.05, 3.63) is 0 Å². The SMILES string of the molecule is CCN1CCCC1CNC(N)=NCC1CCCSC1. The van der Waals surface area contributed by atoms with Gasteiger partial charge < -0.3 is 11.1 Å². The highest BCUT2D eigenvalue weighted by atomic mass is 32.2. The van der Waals surface area contributed by atoms with Crippen LogP contribution >= 0.6 is 11.8 Å². The van der Waals surface area contributed by atoms with Gasteiger partial charge in [-0.3, -0.25) is 9.89 Å². The topological polar surface area (TPSA) is 53.6 Å². The summed E-state index contributed by atoms with van der Waals surface area (Å²) in [5, 5.41) is 3.31. The Morgan fingerprint density at radius 3 is 3.05 bits per heavy atom. The smallest absolute Gasteiger partial charge is 0.188 e. The van der Waals surface area contributed by atoms with E-state index >= 15 is 0 Å². The second-order valence-electron chi connectivity index (χ2n) is 5.61. The van der Waals surface area contributed by atoms with E-state index in [0.717, 1.165) is 25.6 Å². The predicted octanol–water partition coefficient (Wildman–Crippen LogP) is 1.52. The Morgan fingerprint density at radius 2 is 2.32 bits per heavy atom. The highest BCUT2D eigenvalue weighted by Gasteiger charge is 2.22. The number of nitrogens with zero attached hydrogens (tertiary/aromatic N) is 2. The van der Waals surface area contributed by atoms with Crippen molar-refractivity contribution in [2.24, 2.45) is 16.6 Å². The van der Waals surface area contributed by atoms with Gasteiger partial charge in [-0.1, -0.05) is 6.92 Å². The van der Waals surface area contributed by atoms with Crippen molar-refractivity contribution < 1.29 is 0 Å². The molecule has 2 atom stereocenters. The zero-order chi connectivity index (χ0) is 13.5. The van der Waals surface area contributed by atoms with Gasteiger partial charge in [0.15, 0.2) is 5.96 Å². The molecule has 0 amide bonds. The summed E-state index contributed by atoms with van der Waals surface area (Å²) in [6.07, 6.45) is 5.26. The molecule has 2 rings (SSSR count). The van der Waals surface area contributed by atoms with Gasteiger partial charge in [0.2, 0.25) is 0 Å². The van der Waals surface area contributed by atoms with E-state index in [1.807, 2.05) is 0 Å². The minimum Gasteiger partial charge on any atom is -0.370 e. The maximum absolute atomic E-state index is 5.97. The summed E-state index contributed by atoms with van der Waals surface area (Å²) < 4.78 is 0. The van der Waals surface area contributed by atoms with Crippen LogP contribution in [0.1, 0.15) is 32.6 Å². The number of likely N-dealkylation sites (N-methyl/N-ethyl adjacent to an activating group) is 1. The maximum atomic E-state index is 5.97. The first-order chi connectivity index (χ1) is 9.29. The lowest BCUT2D eigenvalue weighted by molar-refractivity contribution is 0.267. The standard InChI is InChI=1S/C14H28N4S/c1-2-18-7-3-6-13(18)10-17-14(15)16-9-12-5-4-8-19-11-12/h12-13H,2-11H2,1H3,(H3,15,16,17). The molecule has 0 aliphatic carbocycles. The van der Waals surface area contributed by atoms with Gasteiger partial charge in [0.1, 0.15) is 0 Å². The Kier molecular flexibility index (Phi) is 6.31. The van der Waals surface area contributed by atoms with Crippen molar-refractivity contribution in [3.63, 3.8) is 0 Å². The van der Waals surface area contributed by atoms with Crippen molar-refractivity contribution in [3.8, 4) is 0 Å². The van der Waals surface area contributed by atoms with E-state index in [9.17, 15) is 0 Å². The van der Waals surface area contributed by atoms with Crippen molar-refractivity contribution in [1.29, 1.82) is 0 Å². The van der Waals surface area contributed by atoms with Crippen molar-refractivity contribution >= 4 is 17.7 Å². The number of thioether (sulfide) groups is 1. The molecule has 0 aromatic heterocycles. The summed E-state index contributed by atoms with van der Waals surface area (Å²) in [4.78, 5) is 7.04. The molecule has 5 heteroatoms. The van der Waals surface area contributed by atoms with E-state index in [-0.39, 0.29) is 0 Å². The molecule has 3 N–H and O–H groups in total. The first-order valence-corrected chi connectivity index (χ1v) is 8.80. The third-order valence-corrected chi connectivity index (χ3v) is 5.48. The first kappa shape index (κ1) is 15.0. The third kappa shape index (κ3) is 4.88. The van der Waals surface area contributed by atoms with Crippen LogP contribution in [-0.2, 0) is 0 Å². The minimum atomic E-state index is 0.638. The second kappa shape index (κ2) is 8.00. The molecule has 0 bridgehead atoms. The quantitative estimate of drug-likeness (QED) is 0.594. The molecule has 2 unspecified atom stereocenters. The minimum absolute atomic E-state index is 0.638. The van der Waals surface area contributed by atoms with Crippen LogP contribution in [0.15, 0.2) is 4.99 Å². The van der Waals surface area contributed by atoms with Gasteiger partial charge in [0.25, 0.3) is 0 Å². The molecular formula is C14H28N4S.